The Morgan fingerprint density at radius 2 is 1.63 bits per heavy atom. The molecule has 0 saturated heterocycles. The molecule has 2 aromatic rings. The summed E-state index contributed by atoms with van der Waals surface area (Å²) in [4.78, 5) is 37.4. The maximum Gasteiger partial charge on any atom is 0.408 e. The summed E-state index contributed by atoms with van der Waals surface area (Å²) in [6.07, 6.45) is 0.298. The first-order valence-electron chi connectivity index (χ1n) is 10.1. The topological polar surface area (TPSA) is 95.9 Å². The first-order chi connectivity index (χ1) is 14.4. The molecule has 156 valence electrons. The predicted molar refractivity (Wildman–Crippen MR) is 110 cm³/mol. The monoisotopic (exact) mass is 408 g/mol. The molecule has 2 aromatic carbocycles. The molecule has 0 spiro atoms. The number of nitrogens with one attached hydrogen (secondary N) is 1. The third kappa shape index (κ3) is 3.63. The van der Waals surface area contributed by atoms with Gasteiger partial charge in [0.2, 0.25) is 5.91 Å². The summed E-state index contributed by atoms with van der Waals surface area (Å²) in [5.41, 5.74) is 3.46. The number of likely N-dealkylation sites (N-methyl/N-ethyl adjacent to an activating group) is 1. The lowest BCUT2D eigenvalue weighted by Gasteiger charge is -2.25. The van der Waals surface area contributed by atoms with Crippen molar-refractivity contribution in [1.82, 2.24) is 10.2 Å². The van der Waals surface area contributed by atoms with Crippen LogP contribution in [0.4, 0.5) is 4.79 Å². The van der Waals surface area contributed by atoms with Crippen molar-refractivity contribution in [2.45, 2.75) is 31.2 Å². The lowest BCUT2D eigenvalue weighted by molar-refractivity contribution is -0.145. The normalized spacial score (nSPS) is 15.6. The number of carboxylic acids is 1. The number of rotatable bonds is 7. The van der Waals surface area contributed by atoms with Gasteiger partial charge >= 0.3 is 12.1 Å². The van der Waals surface area contributed by atoms with E-state index in [4.69, 9.17) is 9.84 Å². The van der Waals surface area contributed by atoms with Crippen LogP contribution in [0, 0.1) is 0 Å². The van der Waals surface area contributed by atoms with Crippen molar-refractivity contribution < 1.29 is 24.2 Å². The van der Waals surface area contributed by atoms with E-state index >= 15 is 0 Å². The molecule has 0 atom stereocenters. The standard InChI is InChI=1S/C23H24N2O5/c1-2-25(13-20(26)27)21(28)23(11-12-23)24-22(29)30-14-19-17-9-5-3-7-15(17)16-8-4-6-10-18(16)19/h3-10,19H,2,11-14H2,1H3,(H,24,29)(H,26,27). The Hall–Kier alpha value is -3.35. The largest absolute Gasteiger partial charge is 0.480 e. The molecular formula is C23H24N2O5. The van der Waals surface area contributed by atoms with E-state index in [1.165, 1.54) is 4.90 Å². The third-order valence-electron chi connectivity index (χ3n) is 5.84. The van der Waals surface area contributed by atoms with Crippen LogP contribution in [0.15, 0.2) is 48.5 Å². The highest BCUT2D eigenvalue weighted by molar-refractivity contribution is 5.94. The summed E-state index contributed by atoms with van der Waals surface area (Å²) in [6.45, 7) is 1.75. The Balaban J connectivity index is 1.42. The molecule has 7 nitrogen and oxygen atoms in total. The van der Waals surface area contributed by atoms with Crippen molar-refractivity contribution in [3.8, 4) is 11.1 Å². The van der Waals surface area contributed by atoms with Crippen molar-refractivity contribution in [3.05, 3.63) is 59.7 Å². The molecule has 30 heavy (non-hydrogen) atoms. The van der Waals surface area contributed by atoms with Crippen LogP contribution in [-0.4, -0.2) is 53.2 Å². The van der Waals surface area contributed by atoms with Gasteiger partial charge in [-0.05, 0) is 42.0 Å². The average molecular weight is 408 g/mol. The second-order valence-electron chi connectivity index (χ2n) is 7.75. The fourth-order valence-electron chi connectivity index (χ4n) is 4.14. The molecule has 0 unspecified atom stereocenters. The molecule has 0 aliphatic heterocycles. The summed E-state index contributed by atoms with van der Waals surface area (Å²) in [6, 6.07) is 16.1. The number of carbonyl (C=O) groups excluding carboxylic acids is 2. The molecule has 0 aromatic heterocycles. The number of carbonyl (C=O) groups is 3. The van der Waals surface area contributed by atoms with Gasteiger partial charge in [-0.3, -0.25) is 9.59 Å². The number of amides is 2. The number of hydrogen-bond donors (Lipinski definition) is 2. The van der Waals surface area contributed by atoms with Gasteiger partial charge in [-0.1, -0.05) is 48.5 Å². The van der Waals surface area contributed by atoms with Crippen LogP contribution in [0.3, 0.4) is 0 Å². The van der Waals surface area contributed by atoms with Crippen LogP contribution in [-0.2, 0) is 14.3 Å². The third-order valence-corrected chi connectivity index (χ3v) is 5.84. The quantitative estimate of drug-likeness (QED) is 0.734. The molecule has 1 fully saturated rings. The first kappa shape index (κ1) is 19.9. The molecule has 2 aliphatic rings. The molecule has 2 amide bonds. The van der Waals surface area contributed by atoms with E-state index in [0.29, 0.717) is 12.8 Å². The molecule has 2 aliphatic carbocycles. The number of hydrogen-bond acceptors (Lipinski definition) is 4. The molecular weight excluding hydrogens is 384 g/mol. The van der Waals surface area contributed by atoms with Crippen molar-refractivity contribution >= 4 is 18.0 Å². The smallest absolute Gasteiger partial charge is 0.408 e. The van der Waals surface area contributed by atoms with Gasteiger partial charge in [-0.25, -0.2) is 4.79 Å². The van der Waals surface area contributed by atoms with E-state index in [2.05, 4.69) is 17.4 Å². The lowest BCUT2D eigenvalue weighted by Crippen LogP contribution is -2.52. The summed E-state index contributed by atoms with van der Waals surface area (Å²) >= 11 is 0. The van der Waals surface area contributed by atoms with Crippen molar-refractivity contribution in [2.24, 2.45) is 0 Å². The Morgan fingerprint density at radius 1 is 1.07 bits per heavy atom. The fourth-order valence-corrected chi connectivity index (χ4v) is 4.14. The van der Waals surface area contributed by atoms with E-state index in [-0.39, 0.29) is 31.5 Å². The highest BCUT2D eigenvalue weighted by Crippen LogP contribution is 2.44. The number of benzene rings is 2. The second-order valence-corrected chi connectivity index (χ2v) is 7.75. The Bertz CT molecular complexity index is 953. The highest BCUT2D eigenvalue weighted by Gasteiger charge is 2.53. The lowest BCUT2D eigenvalue weighted by atomic mass is 9.98. The average Bonchev–Trinajstić information content (AvgIpc) is 3.45. The summed E-state index contributed by atoms with van der Waals surface area (Å²) in [5.74, 6) is -1.52. The Kier molecular flexibility index (Phi) is 5.20. The fraction of sp³-hybridized carbons (Fsp3) is 0.348. The Labute approximate surface area is 174 Å². The summed E-state index contributed by atoms with van der Waals surface area (Å²) in [7, 11) is 0. The summed E-state index contributed by atoms with van der Waals surface area (Å²) < 4.78 is 5.52. The van der Waals surface area contributed by atoms with Crippen molar-refractivity contribution in [3.63, 3.8) is 0 Å². The van der Waals surface area contributed by atoms with E-state index in [1.807, 2.05) is 36.4 Å². The van der Waals surface area contributed by atoms with Gasteiger partial charge in [0.05, 0.1) is 0 Å². The van der Waals surface area contributed by atoms with Crippen molar-refractivity contribution in [1.29, 1.82) is 0 Å². The minimum atomic E-state index is -1.08. The predicted octanol–water partition coefficient (Wildman–Crippen LogP) is 2.99. The van der Waals surface area contributed by atoms with Gasteiger partial charge in [0, 0.05) is 12.5 Å². The Morgan fingerprint density at radius 3 is 2.13 bits per heavy atom. The first-order valence-corrected chi connectivity index (χ1v) is 10.1. The SMILES string of the molecule is CCN(CC(=O)O)C(=O)C1(NC(=O)OCC2c3ccccc3-c3ccccc32)CC1. The van der Waals surface area contributed by atoms with Crippen LogP contribution < -0.4 is 5.32 Å². The molecule has 0 bridgehead atoms. The van der Waals surface area contributed by atoms with Crippen LogP contribution in [0.1, 0.15) is 36.8 Å². The number of nitrogens with zero attached hydrogens (tertiary/aromatic N) is 1. The van der Waals surface area contributed by atoms with Gasteiger partial charge in [-0.15, -0.1) is 0 Å². The van der Waals surface area contributed by atoms with Crippen LogP contribution >= 0.6 is 0 Å². The van der Waals surface area contributed by atoms with E-state index < -0.39 is 17.6 Å². The highest BCUT2D eigenvalue weighted by atomic mass is 16.5. The van der Waals surface area contributed by atoms with Gasteiger partial charge < -0.3 is 20.1 Å². The van der Waals surface area contributed by atoms with E-state index in [0.717, 1.165) is 22.3 Å². The van der Waals surface area contributed by atoms with Crippen LogP contribution in [0.5, 0.6) is 0 Å². The zero-order valence-corrected chi connectivity index (χ0v) is 16.8. The van der Waals surface area contributed by atoms with Gasteiger partial charge in [0.15, 0.2) is 0 Å². The molecule has 4 rings (SSSR count). The van der Waals surface area contributed by atoms with Gasteiger partial charge in [0.25, 0.3) is 0 Å². The number of fused-ring (bicyclic) bond motifs is 3. The van der Waals surface area contributed by atoms with E-state index in [9.17, 15) is 14.4 Å². The molecule has 0 heterocycles. The number of ether oxygens (including phenoxy) is 1. The van der Waals surface area contributed by atoms with Gasteiger partial charge in [0.1, 0.15) is 18.7 Å². The van der Waals surface area contributed by atoms with E-state index in [1.54, 1.807) is 6.92 Å². The molecule has 1 saturated carbocycles. The minimum absolute atomic E-state index is 0.0619. The zero-order chi connectivity index (χ0) is 21.3. The molecule has 0 radical (unpaired) electrons. The maximum absolute atomic E-state index is 12.7. The number of alkyl carbamates (subject to hydrolysis) is 1. The number of carboxylic acid groups (broad SMARTS) is 1. The minimum Gasteiger partial charge on any atom is -0.480 e. The zero-order valence-electron chi connectivity index (χ0n) is 16.8. The second kappa shape index (κ2) is 7.82. The summed E-state index contributed by atoms with van der Waals surface area (Å²) in [5, 5.41) is 11.7. The van der Waals surface area contributed by atoms with Gasteiger partial charge in [-0.2, -0.15) is 0 Å². The number of aliphatic carboxylic acids is 1. The molecule has 2 N–H and O–H groups in total. The van der Waals surface area contributed by atoms with Crippen LogP contribution in [0.25, 0.3) is 11.1 Å². The maximum atomic E-state index is 12.7. The van der Waals surface area contributed by atoms with Crippen molar-refractivity contribution in [2.75, 3.05) is 19.7 Å². The van der Waals surface area contributed by atoms with Crippen LogP contribution in [0.2, 0.25) is 0 Å². The molecule has 7 heteroatoms.